The summed E-state index contributed by atoms with van der Waals surface area (Å²) in [6, 6.07) is 7.13. The van der Waals surface area contributed by atoms with Crippen LogP contribution in [-0.4, -0.2) is 26.0 Å². The van der Waals surface area contributed by atoms with Crippen LogP contribution in [-0.2, 0) is 4.79 Å². The number of nitrogens with one attached hydrogen (secondary N) is 1. The molecule has 0 unspecified atom stereocenters. The largest absolute Gasteiger partial charge is 0.365 e. The maximum atomic E-state index is 11.7. The van der Waals surface area contributed by atoms with Crippen molar-refractivity contribution in [3.05, 3.63) is 28.8 Å². The molecular weight excluding hydrogens is 262 g/mol. The number of benzene rings is 1. The number of nitriles is 1. The summed E-state index contributed by atoms with van der Waals surface area (Å²) < 4.78 is 0. The van der Waals surface area contributed by atoms with Gasteiger partial charge in [-0.25, -0.2) is 0 Å². The van der Waals surface area contributed by atoms with Gasteiger partial charge in [-0.05, 0) is 24.1 Å². The van der Waals surface area contributed by atoms with Crippen molar-refractivity contribution in [2.45, 2.75) is 13.8 Å². The van der Waals surface area contributed by atoms with Gasteiger partial charge < -0.3 is 10.2 Å². The molecule has 0 aliphatic carbocycles. The van der Waals surface area contributed by atoms with Gasteiger partial charge in [0.25, 0.3) is 0 Å². The fraction of sp³-hybridized carbons (Fsp3) is 0.429. The Morgan fingerprint density at radius 3 is 2.74 bits per heavy atom. The van der Waals surface area contributed by atoms with Crippen molar-refractivity contribution >= 4 is 23.2 Å². The second-order valence-corrected chi connectivity index (χ2v) is 5.24. The molecule has 1 N–H and O–H groups in total. The van der Waals surface area contributed by atoms with Gasteiger partial charge in [0.05, 0.1) is 17.1 Å². The molecule has 1 aromatic rings. The quantitative estimate of drug-likeness (QED) is 0.900. The Morgan fingerprint density at radius 1 is 1.53 bits per heavy atom. The van der Waals surface area contributed by atoms with Crippen molar-refractivity contribution in [2.24, 2.45) is 5.92 Å². The number of likely N-dealkylation sites (N-methyl/N-ethyl adjacent to an activating group) is 1. The van der Waals surface area contributed by atoms with Crippen LogP contribution < -0.4 is 10.2 Å². The Hall–Kier alpha value is -1.73. The number of anilines is 1. The lowest BCUT2D eigenvalue weighted by molar-refractivity contribution is -0.119. The fourth-order valence-corrected chi connectivity index (χ4v) is 1.73. The number of rotatable bonds is 5. The van der Waals surface area contributed by atoms with Crippen molar-refractivity contribution in [3.63, 3.8) is 0 Å². The Labute approximate surface area is 119 Å². The Kier molecular flexibility index (Phi) is 5.65. The Balaban J connectivity index is 2.63. The number of hydrogen-bond donors (Lipinski definition) is 1. The molecule has 4 nitrogen and oxygen atoms in total. The van der Waals surface area contributed by atoms with E-state index in [0.717, 1.165) is 5.69 Å². The van der Waals surface area contributed by atoms with Crippen molar-refractivity contribution < 1.29 is 4.79 Å². The van der Waals surface area contributed by atoms with Gasteiger partial charge in [-0.1, -0.05) is 25.4 Å². The van der Waals surface area contributed by atoms with E-state index in [-0.39, 0.29) is 12.5 Å². The molecule has 0 spiro atoms. The SMILES string of the molecule is CC(C)CNC(=O)CN(C)c1ccc(C#N)c(Cl)c1. The highest BCUT2D eigenvalue weighted by Crippen LogP contribution is 2.22. The number of carbonyl (C=O) groups excluding carboxylic acids is 1. The van der Waals surface area contributed by atoms with Crippen LogP contribution in [0.4, 0.5) is 5.69 Å². The summed E-state index contributed by atoms with van der Waals surface area (Å²) in [6.45, 7) is 5.02. The van der Waals surface area contributed by atoms with Crippen LogP contribution in [0.1, 0.15) is 19.4 Å². The fourth-order valence-electron chi connectivity index (χ4n) is 1.51. The van der Waals surface area contributed by atoms with Crippen LogP contribution >= 0.6 is 11.6 Å². The molecule has 0 saturated carbocycles. The van der Waals surface area contributed by atoms with Gasteiger partial charge in [-0.2, -0.15) is 5.26 Å². The second-order valence-electron chi connectivity index (χ2n) is 4.83. The third-order valence-corrected chi connectivity index (χ3v) is 2.91. The first kappa shape index (κ1) is 15.3. The number of hydrogen-bond acceptors (Lipinski definition) is 3. The molecule has 0 atom stereocenters. The van der Waals surface area contributed by atoms with Gasteiger partial charge in [0.15, 0.2) is 0 Å². The third-order valence-electron chi connectivity index (χ3n) is 2.60. The van der Waals surface area contributed by atoms with E-state index >= 15 is 0 Å². The molecule has 19 heavy (non-hydrogen) atoms. The van der Waals surface area contributed by atoms with Gasteiger partial charge in [0.1, 0.15) is 6.07 Å². The molecule has 1 amide bonds. The molecule has 1 aromatic carbocycles. The summed E-state index contributed by atoms with van der Waals surface area (Å²) in [6.07, 6.45) is 0. The highest BCUT2D eigenvalue weighted by molar-refractivity contribution is 6.32. The topological polar surface area (TPSA) is 56.1 Å². The lowest BCUT2D eigenvalue weighted by atomic mass is 10.2. The van der Waals surface area contributed by atoms with E-state index in [4.69, 9.17) is 16.9 Å². The van der Waals surface area contributed by atoms with Gasteiger partial charge in [-0.15, -0.1) is 0 Å². The average molecular weight is 280 g/mol. The Bertz CT molecular complexity index is 494. The molecule has 0 saturated heterocycles. The summed E-state index contributed by atoms with van der Waals surface area (Å²) in [5.41, 5.74) is 1.24. The molecule has 1 rings (SSSR count). The summed E-state index contributed by atoms with van der Waals surface area (Å²) in [5, 5.41) is 12.1. The number of halogens is 1. The van der Waals surface area contributed by atoms with Crippen molar-refractivity contribution in [1.82, 2.24) is 5.32 Å². The lowest BCUT2D eigenvalue weighted by Gasteiger charge is -2.19. The number of carbonyl (C=O) groups is 1. The van der Waals surface area contributed by atoms with Crippen LogP contribution in [0.15, 0.2) is 18.2 Å². The van der Waals surface area contributed by atoms with Crippen LogP contribution in [0.2, 0.25) is 5.02 Å². The monoisotopic (exact) mass is 279 g/mol. The van der Waals surface area contributed by atoms with Crippen LogP contribution in [0.25, 0.3) is 0 Å². The summed E-state index contributed by atoms with van der Waals surface area (Å²) in [7, 11) is 1.81. The molecule has 0 fully saturated rings. The van der Waals surface area contributed by atoms with E-state index in [1.807, 2.05) is 27.0 Å². The predicted octanol–water partition coefficient (Wildman–Crippen LogP) is 2.42. The van der Waals surface area contributed by atoms with Crippen LogP contribution in [0.5, 0.6) is 0 Å². The molecular formula is C14H18ClN3O. The zero-order valence-electron chi connectivity index (χ0n) is 11.4. The van der Waals surface area contributed by atoms with E-state index < -0.39 is 0 Å². The van der Waals surface area contributed by atoms with E-state index in [9.17, 15) is 4.79 Å². The smallest absolute Gasteiger partial charge is 0.239 e. The van der Waals surface area contributed by atoms with Crippen molar-refractivity contribution in [2.75, 3.05) is 25.0 Å². The molecule has 0 aromatic heterocycles. The van der Waals surface area contributed by atoms with E-state index in [2.05, 4.69) is 5.32 Å². The van der Waals surface area contributed by atoms with Gasteiger partial charge in [0, 0.05) is 19.3 Å². The molecule has 0 radical (unpaired) electrons. The number of nitrogens with zero attached hydrogens (tertiary/aromatic N) is 2. The minimum atomic E-state index is -0.0308. The van der Waals surface area contributed by atoms with Gasteiger partial charge >= 0.3 is 0 Å². The molecule has 102 valence electrons. The van der Waals surface area contributed by atoms with Crippen LogP contribution in [0, 0.1) is 17.2 Å². The zero-order chi connectivity index (χ0) is 14.4. The maximum absolute atomic E-state index is 11.7. The minimum absolute atomic E-state index is 0.0308. The molecule has 5 heteroatoms. The highest BCUT2D eigenvalue weighted by Gasteiger charge is 2.09. The molecule has 0 aliphatic rings. The number of amides is 1. The van der Waals surface area contributed by atoms with Gasteiger partial charge in [0.2, 0.25) is 5.91 Å². The highest BCUT2D eigenvalue weighted by atomic mass is 35.5. The minimum Gasteiger partial charge on any atom is -0.365 e. The first-order chi connectivity index (χ1) is 8.93. The zero-order valence-corrected chi connectivity index (χ0v) is 12.2. The van der Waals surface area contributed by atoms with E-state index in [1.54, 1.807) is 23.1 Å². The summed E-state index contributed by atoms with van der Waals surface area (Å²) in [5.74, 6) is 0.398. The molecule has 0 bridgehead atoms. The normalized spacial score (nSPS) is 10.1. The van der Waals surface area contributed by atoms with Crippen LogP contribution in [0.3, 0.4) is 0 Å². The molecule has 0 heterocycles. The lowest BCUT2D eigenvalue weighted by Crippen LogP contribution is -2.36. The predicted molar refractivity (Wildman–Crippen MR) is 77.3 cm³/mol. The maximum Gasteiger partial charge on any atom is 0.239 e. The van der Waals surface area contributed by atoms with Crippen molar-refractivity contribution in [3.8, 4) is 6.07 Å². The average Bonchev–Trinajstić information content (AvgIpc) is 2.36. The standard InChI is InChI=1S/C14H18ClN3O/c1-10(2)8-17-14(19)9-18(3)12-5-4-11(7-16)13(15)6-12/h4-6,10H,8-9H2,1-3H3,(H,17,19). The van der Waals surface area contributed by atoms with E-state index in [1.165, 1.54) is 0 Å². The first-order valence-corrected chi connectivity index (χ1v) is 6.49. The summed E-state index contributed by atoms with van der Waals surface area (Å²) >= 11 is 5.96. The van der Waals surface area contributed by atoms with Crippen molar-refractivity contribution in [1.29, 1.82) is 5.26 Å². The van der Waals surface area contributed by atoms with Gasteiger partial charge in [-0.3, -0.25) is 4.79 Å². The Morgan fingerprint density at radius 2 is 2.21 bits per heavy atom. The molecule has 0 aliphatic heterocycles. The third kappa shape index (κ3) is 4.80. The summed E-state index contributed by atoms with van der Waals surface area (Å²) in [4.78, 5) is 13.5. The second kappa shape index (κ2) is 7.01. The first-order valence-electron chi connectivity index (χ1n) is 6.11. The van der Waals surface area contributed by atoms with E-state index in [0.29, 0.717) is 23.0 Å².